The molecule has 0 aromatic heterocycles. The molecule has 1 aliphatic rings. The van der Waals surface area contributed by atoms with E-state index >= 15 is 0 Å². The maximum absolute atomic E-state index is 10.8. The largest absolute Gasteiger partial charge is 0.298 e. The summed E-state index contributed by atoms with van der Waals surface area (Å²) < 4.78 is 0. The normalized spacial score (nSPS) is 19.9. The third-order valence-electron chi connectivity index (χ3n) is 1.60. The summed E-state index contributed by atoms with van der Waals surface area (Å²) in [4.78, 5) is 12.9. The number of likely N-dealkylation sites (tertiary alicyclic amines) is 1. The minimum atomic E-state index is 0.362. The second-order valence-electron chi connectivity index (χ2n) is 2.96. The second kappa shape index (κ2) is 2.97. The zero-order valence-electron chi connectivity index (χ0n) is 6.39. The van der Waals surface area contributed by atoms with Gasteiger partial charge in [0.05, 0.1) is 6.54 Å². The van der Waals surface area contributed by atoms with E-state index in [1.54, 1.807) is 0 Å². The monoisotopic (exact) mass is 139 g/mol. The molecule has 0 aromatic carbocycles. The van der Waals surface area contributed by atoms with Crippen LogP contribution in [0, 0.1) is 0 Å². The van der Waals surface area contributed by atoms with E-state index < -0.39 is 0 Å². The van der Waals surface area contributed by atoms with Gasteiger partial charge in [0, 0.05) is 19.5 Å². The summed E-state index contributed by atoms with van der Waals surface area (Å²) >= 11 is 0. The van der Waals surface area contributed by atoms with E-state index in [2.05, 4.69) is 11.5 Å². The van der Waals surface area contributed by atoms with Gasteiger partial charge in [-0.15, -0.1) is 0 Å². The first-order valence-corrected chi connectivity index (χ1v) is 3.57. The number of ketones is 1. The third-order valence-corrected chi connectivity index (χ3v) is 1.60. The fraction of sp³-hybridized carbons (Fsp3) is 0.625. The van der Waals surface area contributed by atoms with Gasteiger partial charge in [-0.2, -0.15) is 0 Å². The van der Waals surface area contributed by atoms with Gasteiger partial charge < -0.3 is 0 Å². The van der Waals surface area contributed by atoms with Gasteiger partial charge in [-0.05, 0) is 6.92 Å². The lowest BCUT2D eigenvalue weighted by molar-refractivity contribution is -0.116. The summed E-state index contributed by atoms with van der Waals surface area (Å²) in [6.45, 7) is 8.21. The SMILES string of the molecule is C=C(C)CN1CCC(=O)C1. The molecule has 0 aliphatic carbocycles. The predicted molar refractivity (Wildman–Crippen MR) is 40.9 cm³/mol. The molecular weight excluding hydrogens is 126 g/mol. The number of rotatable bonds is 2. The van der Waals surface area contributed by atoms with Gasteiger partial charge >= 0.3 is 0 Å². The van der Waals surface area contributed by atoms with Crippen molar-refractivity contribution in [1.29, 1.82) is 0 Å². The first-order chi connectivity index (χ1) is 4.68. The predicted octanol–water partition coefficient (Wildman–Crippen LogP) is 0.837. The zero-order valence-corrected chi connectivity index (χ0v) is 6.39. The minimum absolute atomic E-state index is 0.362. The van der Waals surface area contributed by atoms with Gasteiger partial charge in [0.1, 0.15) is 5.78 Å². The number of Topliss-reactive ketones (excluding diaryl/α,β-unsaturated/α-hetero) is 1. The van der Waals surface area contributed by atoms with Crippen LogP contribution in [0.15, 0.2) is 12.2 Å². The molecule has 0 aromatic rings. The Labute approximate surface area is 61.5 Å². The summed E-state index contributed by atoms with van der Waals surface area (Å²) in [5.41, 5.74) is 1.13. The Morgan fingerprint density at radius 1 is 1.80 bits per heavy atom. The average molecular weight is 139 g/mol. The van der Waals surface area contributed by atoms with Crippen molar-refractivity contribution in [2.75, 3.05) is 19.6 Å². The highest BCUT2D eigenvalue weighted by atomic mass is 16.1. The van der Waals surface area contributed by atoms with Crippen molar-refractivity contribution in [3.63, 3.8) is 0 Å². The van der Waals surface area contributed by atoms with Crippen LogP contribution in [0.5, 0.6) is 0 Å². The molecule has 0 unspecified atom stereocenters. The van der Waals surface area contributed by atoms with Crippen LogP contribution in [0.25, 0.3) is 0 Å². The van der Waals surface area contributed by atoms with Crippen LogP contribution in [0.1, 0.15) is 13.3 Å². The average Bonchev–Trinajstić information content (AvgIpc) is 2.13. The molecule has 56 valence electrons. The number of carbonyl (C=O) groups is 1. The summed E-state index contributed by atoms with van der Waals surface area (Å²) in [5.74, 6) is 0.362. The molecule has 1 aliphatic heterocycles. The lowest BCUT2D eigenvalue weighted by Crippen LogP contribution is -2.22. The van der Waals surface area contributed by atoms with Crippen molar-refractivity contribution < 1.29 is 4.79 Å². The Morgan fingerprint density at radius 3 is 2.90 bits per heavy atom. The molecule has 0 amide bonds. The van der Waals surface area contributed by atoms with Crippen molar-refractivity contribution >= 4 is 5.78 Å². The molecule has 0 spiro atoms. The highest BCUT2D eigenvalue weighted by molar-refractivity contribution is 5.82. The molecule has 0 bridgehead atoms. The number of carbonyl (C=O) groups excluding carboxylic acids is 1. The molecule has 0 N–H and O–H groups in total. The maximum Gasteiger partial charge on any atom is 0.148 e. The van der Waals surface area contributed by atoms with Gasteiger partial charge in [0.15, 0.2) is 0 Å². The topological polar surface area (TPSA) is 20.3 Å². The number of hydrogen-bond donors (Lipinski definition) is 0. The van der Waals surface area contributed by atoms with Crippen molar-refractivity contribution in [2.24, 2.45) is 0 Å². The Hall–Kier alpha value is -0.630. The summed E-state index contributed by atoms with van der Waals surface area (Å²) in [6.07, 6.45) is 0.729. The van der Waals surface area contributed by atoms with Crippen LogP contribution in [0.4, 0.5) is 0 Å². The highest BCUT2D eigenvalue weighted by Crippen LogP contribution is 2.05. The lowest BCUT2D eigenvalue weighted by Gasteiger charge is -2.12. The second-order valence-corrected chi connectivity index (χ2v) is 2.96. The van der Waals surface area contributed by atoms with E-state index in [9.17, 15) is 4.79 Å². The van der Waals surface area contributed by atoms with Crippen LogP contribution >= 0.6 is 0 Å². The first-order valence-electron chi connectivity index (χ1n) is 3.57. The molecular formula is C8H13NO. The molecule has 0 saturated carbocycles. The summed E-state index contributed by atoms with van der Waals surface area (Å²) in [5, 5.41) is 0. The Kier molecular flexibility index (Phi) is 2.22. The number of hydrogen-bond acceptors (Lipinski definition) is 2. The quantitative estimate of drug-likeness (QED) is 0.528. The molecule has 10 heavy (non-hydrogen) atoms. The van der Waals surface area contributed by atoms with Gasteiger partial charge in [0.25, 0.3) is 0 Å². The highest BCUT2D eigenvalue weighted by Gasteiger charge is 2.18. The van der Waals surface area contributed by atoms with Gasteiger partial charge in [-0.1, -0.05) is 12.2 Å². The van der Waals surface area contributed by atoms with Crippen LogP contribution < -0.4 is 0 Å². The van der Waals surface area contributed by atoms with Gasteiger partial charge in [0.2, 0.25) is 0 Å². The van der Waals surface area contributed by atoms with E-state index in [0.29, 0.717) is 12.3 Å². The van der Waals surface area contributed by atoms with Crippen LogP contribution in [-0.2, 0) is 4.79 Å². The van der Waals surface area contributed by atoms with E-state index in [-0.39, 0.29) is 0 Å². The van der Waals surface area contributed by atoms with Crippen molar-refractivity contribution in [3.05, 3.63) is 12.2 Å². The van der Waals surface area contributed by atoms with E-state index in [0.717, 1.165) is 25.1 Å². The zero-order chi connectivity index (χ0) is 7.56. The molecule has 1 heterocycles. The van der Waals surface area contributed by atoms with E-state index in [1.807, 2.05) is 6.92 Å². The standard InChI is InChI=1S/C8H13NO/c1-7(2)5-9-4-3-8(10)6-9/h1,3-6H2,2H3. The number of nitrogens with zero attached hydrogens (tertiary/aromatic N) is 1. The third kappa shape index (κ3) is 1.95. The van der Waals surface area contributed by atoms with Gasteiger partial charge in [-0.3, -0.25) is 9.69 Å². The molecule has 0 radical (unpaired) electrons. The first kappa shape index (κ1) is 7.48. The minimum Gasteiger partial charge on any atom is -0.298 e. The van der Waals surface area contributed by atoms with Crippen molar-refractivity contribution in [1.82, 2.24) is 4.90 Å². The van der Waals surface area contributed by atoms with Crippen LogP contribution in [0.3, 0.4) is 0 Å². The molecule has 1 rings (SSSR count). The Morgan fingerprint density at radius 2 is 2.50 bits per heavy atom. The Balaban J connectivity index is 2.31. The Bertz CT molecular complexity index is 163. The smallest absolute Gasteiger partial charge is 0.148 e. The molecule has 1 saturated heterocycles. The van der Waals surface area contributed by atoms with Crippen molar-refractivity contribution in [2.45, 2.75) is 13.3 Å². The fourth-order valence-corrected chi connectivity index (χ4v) is 1.21. The lowest BCUT2D eigenvalue weighted by atomic mass is 10.3. The molecule has 1 fully saturated rings. The van der Waals surface area contributed by atoms with E-state index in [1.165, 1.54) is 0 Å². The summed E-state index contributed by atoms with van der Waals surface area (Å²) in [6, 6.07) is 0. The van der Waals surface area contributed by atoms with Crippen molar-refractivity contribution in [3.8, 4) is 0 Å². The summed E-state index contributed by atoms with van der Waals surface area (Å²) in [7, 11) is 0. The fourth-order valence-electron chi connectivity index (χ4n) is 1.21. The van der Waals surface area contributed by atoms with Gasteiger partial charge in [-0.25, -0.2) is 0 Å². The van der Waals surface area contributed by atoms with E-state index in [4.69, 9.17) is 0 Å². The molecule has 0 atom stereocenters. The molecule has 2 heteroatoms. The maximum atomic E-state index is 10.8. The van der Waals surface area contributed by atoms with Crippen LogP contribution in [0.2, 0.25) is 0 Å². The van der Waals surface area contributed by atoms with Crippen LogP contribution in [-0.4, -0.2) is 30.3 Å². The molecule has 2 nitrogen and oxygen atoms in total.